The Morgan fingerprint density at radius 2 is 1.82 bits per heavy atom. The Morgan fingerprint density at radius 1 is 0.970 bits per heavy atom. The number of anilines is 2. The van der Waals surface area contributed by atoms with Crippen LogP contribution >= 0.6 is 11.3 Å². The number of rotatable bonds is 8. The van der Waals surface area contributed by atoms with Gasteiger partial charge in [0.15, 0.2) is 0 Å². The fraction of sp³-hybridized carbons (Fsp3) is 0.333. The molecule has 2 aromatic carbocycles. The molecule has 6 heteroatoms. The van der Waals surface area contributed by atoms with Crippen LogP contribution < -0.4 is 10.2 Å². The summed E-state index contributed by atoms with van der Waals surface area (Å²) < 4.78 is 0. The van der Waals surface area contributed by atoms with Crippen molar-refractivity contribution in [2.75, 3.05) is 42.9 Å². The van der Waals surface area contributed by atoms with Crippen molar-refractivity contribution in [2.24, 2.45) is 0 Å². The summed E-state index contributed by atoms with van der Waals surface area (Å²) >= 11 is 1.69. The molecular formula is C27H30N4OS. The summed E-state index contributed by atoms with van der Waals surface area (Å²) in [6, 6.07) is 20.3. The summed E-state index contributed by atoms with van der Waals surface area (Å²) in [5.74, 6) is 0.0773. The number of carbonyl (C=O) groups is 1. The second-order valence-electron chi connectivity index (χ2n) is 8.41. The topological polar surface area (TPSA) is 59.4 Å². The van der Waals surface area contributed by atoms with E-state index in [1.807, 2.05) is 36.4 Å². The average molecular weight is 459 g/mol. The lowest BCUT2D eigenvalue weighted by Gasteiger charge is -2.24. The van der Waals surface area contributed by atoms with Crippen LogP contribution in [0.4, 0.5) is 11.4 Å². The highest BCUT2D eigenvalue weighted by molar-refractivity contribution is 7.08. The molecule has 1 aliphatic rings. The standard InChI is InChI=1S/C27H30N4OS/c28-20-23-6-1-2-7-26(23)31-16-5-15-30(17-18-31)14-4-3-8-27(32)29-25-11-9-22(10-12-25)24-13-19-33-21-24/h1-2,6-7,9-13,19,21H,3-5,8,14-18H2,(H,29,32). The molecule has 1 fully saturated rings. The molecule has 33 heavy (non-hydrogen) atoms. The highest BCUT2D eigenvalue weighted by Gasteiger charge is 2.17. The van der Waals surface area contributed by atoms with Crippen molar-refractivity contribution in [1.29, 1.82) is 5.26 Å². The fourth-order valence-electron chi connectivity index (χ4n) is 4.30. The molecule has 1 amide bonds. The molecule has 170 valence electrons. The van der Waals surface area contributed by atoms with E-state index in [1.165, 1.54) is 11.1 Å². The van der Waals surface area contributed by atoms with Crippen molar-refractivity contribution in [3.05, 3.63) is 70.9 Å². The van der Waals surface area contributed by atoms with Crippen LogP contribution in [0.5, 0.6) is 0 Å². The zero-order valence-electron chi connectivity index (χ0n) is 18.9. The molecule has 0 unspecified atom stereocenters. The third kappa shape index (κ3) is 6.44. The normalized spacial score (nSPS) is 14.5. The number of nitrogens with one attached hydrogen (secondary N) is 1. The van der Waals surface area contributed by atoms with Gasteiger partial charge in [0.05, 0.1) is 11.3 Å². The zero-order chi connectivity index (χ0) is 22.9. The highest BCUT2D eigenvalue weighted by atomic mass is 32.1. The zero-order valence-corrected chi connectivity index (χ0v) is 19.7. The number of amides is 1. The fourth-order valence-corrected chi connectivity index (χ4v) is 4.96. The van der Waals surface area contributed by atoms with Crippen LogP contribution in [0.1, 0.15) is 31.2 Å². The Labute approximate surface area is 200 Å². The van der Waals surface area contributed by atoms with Gasteiger partial charge in [0, 0.05) is 31.7 Å². The van der Waals surface area contributed by atoms with Crippen molar-refractivity contribution >= 4 is 28.6 Å². The average Bonchev–Trinajstić information content (AvgIpc) is 3.28. The van der Waals surface area contributed by atoms with E-state index in [2.05, 4.69) is 50.1 Å². The van der Waals surface area contributed by atoms with E-state index in [9.17, 15) is 10.1 Å². The number of para-hydroxylation sites is 1. The van der Waals surface area contributed by atoms with Gasteiger partial charge < -0.3 is 15.1 Å². The van der Waals surface area contributed by atoms with E-state index in [0.717, 1.165) is 68.9 Å². The van der Waals surface area contributed by atoms with Crippen LogP contribution in [0.25, 0.3) is 11.1 Å². The number of nitriles is 1. The van der Waals surface area contributed by atoms with Crippen LogP contribution in [-0.4, -0.2) is 43.5 Å². The van der Waals surface area contributed by atoms with Gasteiger partial charge in [-0.3, -0.25) is 4.79 Å². The number of thiophene rings is 1. The Bertz CT molecular complexity index is 1070. The first-order chi connectivity index (χ1) is 16.2. The Balaban J connectivity index is 1.16. The van der Waals surface area contributed by atoms with Gasteiger partial charge in [-0.15, -0.1) is 0 Å². The lowest BCUT2D eigenvalue weighted by molar-refractivity contribution is -0.116. The number of benzene rings is 2. The molecule has 1 N–H and O–H groups in total. The molecule has 0 aliphatic carbocycles. The number of carbonyl (C=O) groups excluding carboxylic acids is 1. The van der Waals surface area contributed by atoms with Crippen molar-refractivity contribution in [3.8, 4) is 17.2 Å². The van der Waals surface area contributed by atoms with E-state index in [1.54, 1.807) is 11.3 Å². The number of unbranched alkanes of at least 4 members (excludes halogenated alkanes) is 1. The summed E-state index contributed by atoms with van der Waals surface area (Å²) in [5.41, 5.74) is 5.02. The molecule has 1 saturated heterocycles. The molecule has 4 rings (SSSR count). The second kappa shape index (κ2) is 11.6. The maximum Gasteiger partial charge on any atom is 0.224 e. The summed E-state index contributed by atoms with van der Waals surface area (Å²) in [4.78, 5) is 17.1. The summed E-state index contributed by atoms with van der Waals surface area (Å²) in [6.07, 6.45) is 3.53. The SMILES string of the molecule is N#Cc1ccccc1N1CCCN(CCCCC(=O)Nc2ccc(-c3ccsc3)cc2)CC1. The molecule has 0 spiro atoms. The molecule has 0 atom stereocenters. The first kappa shape index (κ1) is 23.0. The minimum Gasteiger partial charge on any atom is -0.369 e. The lowest BCUT2D eigenvalue weighted by Crippen LogP contribution is -2.31. The Hall–Kier alpha value is -3.14. The van der Waals surface area contributed by atoms with Crippen LogP contribution in [0, 0.1) is 11.3 Å². The Kier molecular flexibility index (Phi) is 8.13. The van der Waals surface area contributed by atoms with Gasteiger partial charge in [-0.2, -0.15) is 16.6 Å². The maximum atomic E-state index is 12.3. The van der Waals surface area contributed by atoms with Gasteiger partial charge in [-0.1, -0.05) is 24.3 Å². The summed E-state index contributed by atoms with van der Waals surface area (Å²) in [6.45, 7) is 4.97. The lowest BCUT2D eigenvalue weighted by atomic mass is 10.1. The first-order valence-electron chi connectivity index (χ1n) is 11.6. The minimum absolute atomic E-state index is 0.0773. The van der Waals surface area contributed by atoms with Crippen molar-refractivity contribution < 1.29 is 4.79 Å². The maximum absolute atomic E-state index is 12.3. The van der Waals surface area contributed by atoms with Gasteiger partial charge in [0.25, 0.3) is 0 Å². The molecule has 3 aromatic rings. The third-order valence-corrected chi connectivity index (χ3v) is 6.79. The predicted octanol–water partition coefficient (Wildman–Crippen LogP) is 5.61. The van der Waals surface area contributed by atoms with Crippen molar-refractivity contribution in [1.82, 2.24) is 4.90 Å². The van der Waals surface area contributed by atoms with Gasteiger partial charge in [-0.25, -0.2) is 0 Å². The quantitative estimate of drug-likeness (QED) is 0.446. The van der Waals surface area contributed by atoms with Crippen LogP contribution in [0.2, 0.25) is 0 Å². The molecule has 2 heterocycles. The monoisotopic (exact) mass is 458 g/mol. The second-order valence-corrected chi connectivity index (χ2v) is 9.19. The minimum atomic E-state index is 0.0773. The van der Waals surface area contributed by atoms with Crippen LogP contribution in [0.15, 0.2) is 65.4 Å². The first-order valence-corrected chi connectivity index (χ1v) is 12.6. The molecular weight excluding hydrogens is 428 g/mol. The molecule has 5 nitrogen and oxygen atoms in total. The largest absolute Gasteiger partial charge is 0.369 e. The third-order valence-electron chi connectivity index (χ3n) is 6.11. The molecule has 1 aliphatic heterocycles. The summed E-state index contributed by atoms with van der Waals surface area (Å²) in [5, 5.41) is 16.6. The van der Waals surface area contributed by atoms with E-state index >= 15 is 0 Å². The number of nitrogens with zero attached hydrogens (tertiary/aromatic N) is 3. The molecule has 1 aromatic heterocycles. The highest BCUT2D eigenvalue weighted by Crippen LogP contribution is 2.24. The number of hydrogen-bond donors (Lipinski definition) is 1. The van der Waals surface area contributed by atoms with Crippen molar-refractivity contribution in [3.63, 3.8) is 0 Å². The smallest absolute Gasteiger partial charge is 0.224 e. The van der Waals surface area contributed by atoms with Gasteiger partial charge in [0.2, 0.25) is 5.91 Å². The summed E-state index contributed by atoms with van der Waals surface area (Å²) in [7, 11) is 0. The van der Waals surface area contributed by atoms with Crippen LogP contribution in [-0.2, 0) is 4.79 Å². The van der Waals surface area contributed by atoms with E-state index < -0.39 is 0 Å². The molecule has 0 radical (unpaired) electrons. The number of hydrogen-bond acceptors (Lipinski definition) is 5. The van der Waals surface area contributed by atoms with Crippen molar-refractivity contribution in [2.45, 2.75) is 25.7 Å². The van der Waals surface area contributed by atoms with E-state index in [4.69, 9.17) is 0 Å². The molecule has 0 saturated carbocycles. The van der Waals surface area contributed by atoms with Gasteiger partial charge >= 0.3 is 0 Å². The van der Waals surface area contributed by atoms with E-state index in [0.29, 0.717) is 6.42 Å². The van der Waals surface area contributed by atoms with Gasteiger partial charge in [0.1, 0.15) is 6.07 Å². The molecule has 0 bridgehead atoms. The van der Waals surface area contributed by atoms with Gasteiger partial charge in [-0.05, 0) is 84.6 Å². The van der Waals surface area contributed by atoms with E-state index in [-0.39, 0.29) is 5.91 Å². The predicted molar refractivity (Wildman–Crippen MR) is 137 cm³/mol. The Morgan fingerprint density at radius 3 is 2.61 bits per heavy atom. The van der Waals surface area contributed by atoms with Crippen LogP contribution in [0.3, 0.4) is 0 Å².